The molecule has 4 heterocycles. The lowest BCUT2D eigenvalue weighted by molar-refractivity contribution is -0.275. The molecule has 0 radical (unpaired) electrons. The average molecular weight is 841 g/mol. The SMILES string of the molecule is CC.FS(F)(F)(F)(F)c1ccc(C2(Nc3cc(C4CC4)nc4ncnn34)CC2)cc1.Fc1cc(C2(Nc3cc(C4CC4)nc4ncnn34)CC2)ccc1OC(F)(F)F. The molecule has 0 saturated heterocycles. The van der Waals surface area contributed by atoms with E-state index in [1.165, 1.54) is 23.2 Å². The van der Waals surface area contributed by atoms with Crippen LogP contribution in [0.3, 0.4) is 0 Å². The van der Waals surface area contributed by atoms with Crippen molar-refractivity contribution in [3.8, 4) is 5.75 Å². The first-order valence-electron chi connectivity index (χ1n) is 18.6. The van der Waals surface area contributed by atoms with E-state index < -0.39 is 44.1 Å². The molecular weight excluding hydrogens is 804 g/mol. The fourth-order valence-electron chi connectivity index (χ4n) is 6.76. The molecule has 2 N–H and O–H groups in total. The first-order chi connectivity index (χ1) is 27.3. The second kappa shape index (κ2) is 13.1. The van der Waals surface area contributed by atoms with Gasteiger partial charge in [0, 0.05) is 24.0 Å². The molecule has 0 aliphatic heterocycles. The van der Waals surface area contributed by atoms with E-state index in [9.17, 15) is 37.0 Å². The fourth-order valence-corrected chi connectivity index (χ4v) is 7.42. The fraction of sp³-hybridized carbons (Fsp3) is 0.405. The van der Waals surface area contributed by atoms with Gasteiger partial charge in [-0.05, 0) is 86.8 Å². The summed E-state index contributed by atoms with van der Waals surface area (Å²) in [5.41, 5.74) is 1.72. The Balaban J connectivity index is 0.000000155. The number of alkyl halides is 3. The molecule has 310 valence electrons. The molecule has 10 rings (SSSR count). The summed E-state index contributed by atoms with van der Waals surface area (Å²) < 4.78 is 123. The van der Waals surface area contributed by atoms with Crippen LogP contribution >= 0.6 is 10.2 Å². The van der Waals surface area contributed by atoms with Crippen LogP contribution in [0.2, 0.25) is 0 Å². The van der Waals surface area contributed by atoms with Crippen LogP contribution in [0.5, 0.6) is 5.75 Å². The number of nitrogens with zero attached hydrogens (tertiary/aromatic N) is 8. The quantitative estimate of drug-likeness (QED) is 0.130. The molecule has 4 aliphatic carbocycles. The van der Waals surface area contributed by atoms with Gasteiger partial charge in [0.15, 0.2) is 11.6 Å². The third kappa shape index (κ3) is 8.30. The molecule has 58 heavy (non-hydrogen) atoms. The Morgan fingerprint density at radius 3 is 1.52 bits per heavy atom. The number of rotatable bonds is 10. The molecule has 2 aromatic carbocycles. The summed E-state index contributed by atoms with van der Waals surface area (Å²) >= 11 is 0. The van der Waals surface area contributed by atoms with Crippen LogP contribution in [0, 0.1) is 5.82 Å². The van der Waals surface area contributed by atoms with E-state index >= 15 is 0 Å². The largest absolute Gasteiger partial charge is 0.573 e. The highest BCUT2D eigenvalue weighted by atomic mass is 32.5. The number of ether oxygens (including phenoxy) is 1. The Labute approximate surface area is 325 Å². The van der Waals surface area contributed by atoms with Crippen molar-refractivity contribution in [2.24, 2.45) is 0 Å². The Hall–Kier alpha value is -5.34. The van der Waals surface area contributed by atoms with Gasteiger partial charge < -0.3 is 15.4 Å². The lowest BCUT2D eigenvalue weighted by Gasteiger charge is -2.40. The smallest absolute Gasteiger partial charge is 0.403 e. The van der Waals surface area contributed by atoms with E-state index in [0.717, 1.165) is 61.3 Å². The third-order valence-electron chi connectivity index (χ3n) is 10.3. The van der Waals surface area contributed by atoms with Gasteiger partial charge >= 0.3 is 16.6 Å². The summed E-state index contributed by atoms with van der Waals surface area (Å²) in [4.78, 5) is 15.4. The second-order valence-corrected chi connectivity index (χ2v) is 17.1. The van der Waals surface area contributed by atoms with Crippen LogP contribution < -0.4 is 15.4 Å². The molecule has 0 unspecified atom stereocenters. The van der Waals surface area contributed by atoms with Crippen LogP contribution in [-0.2, 0) is 11.1 Å². The zero-order valence-corrected chi connectivity index (χ0v) is 31.8. The summed E-state index contributed by atoms with van der Waals surface area (Å²) in [6.07, 6.45) is 4.87. The third-order valence-corrected chi connectivity index (χ3v) is 11.5. The number of nitrogens with one attached hydrogen (secondary N) is 2. The van der Waals surface area contributed by atoms with Gasteiger partial charge in [-0.25, -0.2) is 14.4 Å². The average Bonchev–Trinajstić information content (AvgIpc) is 3.97. The van der Waals surface area contributed by atoms with Gasteiger partial charge in [0.1, 0.15) is 29.2 Å². The molecule has 21 heteroatoms. The maximum atomic E-state index is 14.2. The van der Waals surface area contributed by atoms with Gasteiger partial charge in [-0.2, -0.15) is 29.2 Å². The molecule has 4 aliphatic rings. The second-order valence-electron chi connectivity index (χ2n) is 14.7. The van der Waals surface area contributed by atoms with Crippen molar-refractivity contribution in [3.05, 3.63) is 95.6 Å². The Morgan fingerprint density at radius 1 is 0.672 bits per heavy atom. The Morgan fingerprint density at radius 2 is 1.12 bits per heavy atom. The number of aromatic nitrogens is 8. The van der Waals surface area contributed by atoms with Crippen LogP contribution in [0.1, 0.15) is 99.6 Å². The molecule has 0 spiro atoms. The molecular formula is C37H37F9N10OS. The normalized spacial score (nSPS) is 19.2. The molecule has 0 amide bonds. The molecule has 6 aromatic rings. The monoisotopic (exact) mass is 840 g/mol. The molecule has 4 fully saturated rings. The van der Waals surface area contributed by atoms with E-state index in [0.29, 0.717) is 84.0 Å². The summed E-state index contributed by atoms with van der Waals surface area (Å²) in [6.45, 7) is 4.00. The number of hydrogen-bond acceptors (Lipinski definition) is 9. The molecule has 4 saturated carbocycles. The minimum Gasteiger partial charge on any atom is -0.403 e. The molecule has 0 atom stereocenters. The minimum absolute atomic E-state index is 0.383. The summed E-state index contributed by atoms with van der Waals surface area (Å²) in [6, 6.07) is 10.5. The number of fused-ring (bicyclic) bond motifs is 2. The first kappa shape index (κ1) is 39.5. The van der Waals surface area contributed by atoms with Crippen LogP contribution in [0.25, 0.3) is 11.6 Å². The number of benzene rings is 2. The molecule has 0 bridgehead atoms. The molecule has 11 nitrogen and oxygen atoms in total. The predicted octanol–water partition coefficient (Wildman–Crippen LogP) is 10.9. The van der Waals surface area contributed by atoms with Crippen molar-refractivity contribution >= 4 is 33.4 Å². The predicted molar refractivity (Wildman–Crippen MR) is 197 cm³/mol. The lowest BCUT2D eigenvalue weighted by Crippen LogP contribution is -2.22. The van der Waals surface area contributed by atoms with Crippen molar-refractivity contribution < 1.29 is 41.7 Å². The first-order valence-corrected chi connectivity index (χ1v) is 20.6. The Bertz CT molecular complexity index is 2490. The standard InChI is InChI=1S/C18H15F4N5O.C17H16F5N5S.C2H6/c19-12-7-11(3-4-14(12)28-18(20,21)22)17(5-6-17)26-15-8-13(10-1-2-10)25-16-23-9-24-27(15)16;18-28(19,20,21,22)13-5-3-12(4-6-13)17(7-8-17)26-15-9-14(11-1-2-11)25-16-23-10-24-27(15)16;1-2/h3-4,7-10,26H,1-2,5-6H2;3-6,9-11,26H,1-2,7-8H2;1-2H3. The highest BCUT2D eigenvalue weighted by Gasteiger charge is 2.65. The Kier molecular flexibility index (Phi) is 8.91. The van der Waals surface area contributed by atoms with Gasteiger partial charge in [-0.15, -0.1) is 13.2 Å². The zero-order chi connectivity index (χ0) is 41.4. The number of anilines is 2. The van der Waals surface area contributed by atoms with Crippen molar-refractivity contribution in [1.29, 1.82) is 0 Å². The summed E-state index contributed by atoms with van der Waals surface area (Å²) in [7, 11) is -9.67. The summed E-state index contributed by atoms with van der Waals surface area (Å²) in [5, 5.41) is 15.0. The topological polar surface area (TPSA) is 119 Å². The lowest BCUT2D eigenvalue weighted by atomic mass is 10.0. The maximum Gasteiger partial charge on any atom is 0.573 e. The number of hydrogen-bond donors (Lipinski definition) is 2. The van der Waals surface area contributed by atoms with E-state index in [-0.39, 0.29) is 0 Å². The zero-order valence-electron chi connectivity index (χ0n) is 31.0. The van der Waals surface area contributed by atoms with Crippen LogP contribution in [-0.4, -0.2) is 45.5 Å². The number of halogens is 9. The van der Waals surface area contributed by atoms with Gasteiger partial charge in [0.2, 0.25) is 0 Å². The van der Waals surface area contributed by atoms with Crippen molar-refractivity contribution in [2.75, 3.05) is 10.6 Å². The van der Waals surface area contributed by atoms with Crippen LogP contribution in [0.4, 0.5) is 48.6 Å². The summed E-state index contributed by atoms with van der Waals surface area (Å²) in [5.74, 6) is 1.13. The minimum atomic E-state index is -9.67. The molecule has 4 aromatic heterocycles. The van der Waals surface area contributed by atoms with Gasteiger partial charge in [-0.3, -0.25) is 0 Å². The van der Waals surface area contributed by atoms with Crippen molar-refractivity contribution in [2.45, 2.75) is 99.4 Å². The van der Waals surface area contributed by atoms with Gasteiger partial charge in [0.25, 0.3) is 11.6 Å². The highest BCUT2D eigenvalue weighted by molar-refractivity contribution is 8.45. The van der Waals surface area contributed by atoms with E-state index in [1.807, 2.05) is 26.0 Å². The van der Waals surface area contributed by atoms with E-state index in [1.54, 1.807) is 4.52 Å². The van der Waals surface area contributed by atoms with E-state index in [4.69, 9.17) is 0 Å². The van der Waals surface area contributed by atoms with Crippen molar-refractivity contribution in [3.63, 3.8) is 0 Å². The maximum absolute atomic E-state index is 14.2. The van der Waals surface area contributed by atoms with Gasteiger partial charge in [-0.1, -0.05) is 51.5 Å². The van der Waals surface area contributed by atoms with E-state index in [2.05, 4.69) is 45.5 Å². The van der Waals surface area contributed by atoms with Crippen LogP contribution in [0.15, 0.2) is 72.1 Å². The van der Waals surface area contributed by atoms with Crippen molar-refractivity contribution in [1.82, 2.24) is 39.2 Å². The van der Waals surface area contributed by atoms with Gasteiger partial charge in [0.05, 0.1) is 22.5 Å². The highest BCUT2D eigenvalue weighted by Crippen LogP contribution is 3.02.